The molecule has 0 amide bonds. The van der Waals surface area contributed by atoms with Gasteiger partial charge < -0.3 is 14.6 Å². The number of anilines is 1. The molecule has 1 N–H and O–H groups in total. The molecule has 0 atom stereocenters. The van der Waals surface area contributed by atoms with Crippen molar-refractivity contribution in [2.24, 2.45) is 0 Å². The second-order valence-corrected chi connectivity index (χ2v) is 7.94. The molecule has 0 aliphatic heterocycles. The molecular formula is C14H14ClNO6S2. The van der Waals surface area contributed by atoms with E-state index in [0.717, 1.165) is 15.6 Å². The molecule has 1 aromatic heterocycles. The van der Waals surface area contributed by atoms with Crippen LogP contribution in [0.4, 0.5) is 5.69 Å². The standard InChI is InChI=1S/C14H14ClNO6S2/c1-21-11-7-10(12(22-2)6-9(11)15)16(8-13(17)18)24(19,20)14-4-3-5-23-14/h3-7H,8H2,1-2H3,(H,17,18). The van der Waals surface area contributed by atoms with Crippen molar-refractivity contribution in [2.45, 2.75) is 4.21 Å². The molecule has 0 radical (unpaired) electrons. The van der Waals surface area contributed by atoms with Crippen LogP contribution in [0, 0.1) is 0 Å². The summed E-state index contributed by atoms with van der Waals surface area (Å²) in [7, 11) is -1.38. The summed E-state index contributed by atoms with van der Waals surface area (Å²) in [6, 6.07) is 5.66. The Bertz CT molecular complexity index is 835. The van der Waals surface area contributed by atoms with Gasteiger partial charge in [0.2, 0.25) is 0 Å². The quantitative estimate of drug-likeness (QED) is 0.780. The second-order valence-electron chi connectivity index (χ2n) is 4.50. The third kappa shape index (κ3) is 3.58. The predicted octanol–water partition coefficient (Wildman–Crippen LogP) is 2.70. The third-order valence-corrected chi connectivity index (χ3v) is 6.47. The van der Waals surface area contributed by atoms with Gasteiger partial charge in [0, 0.05) is 12.1 Å². The molecule has 1 aromatic carbocycles. The first kappa shape index (κ1) is 18.4. The Hall–Kier alpha value is -1.97. The summed E-state index contributed by atoms with van der Waals surface area (Å²) in [4.78, 5) is 11.2. The molecule has 10 heteroatoms. The molecule has 0 aliphatic carbocycles. The average Bonchev–Trinajstić information content (AvgIpc) is 3.07. The van der Waals surface area contributed by atoms with Crippen LogP contribution >= 0.6 is 22.9 Å². The summed E-state index contributed by atoms with van der Waals surface area (Å²) in [5, 5.41) is 10.9. The summed E-state index contributed by atoms with van der Waals surface area (Å²) in [6.07, 6.45) is 0. The number of hydrogen-bond acceptors (Lipinski definition) is 6. The van der Waals surface area contributed by atoms with Gasteiger partial charge in [-0.1, -0.05) is 17.7 Å². The molecule has 0 fully saturated rings. The van der Waals surface area contributed by atoms with Gasteiger partial charge in [-0.05, 0) is 11.4 Å². The highest BCUT2D eigenvalue weighted by molar-refractivity contribution is 7.94. The third-order valence-electron chi connectivity index (χ3n) is 3.04. The normalized spacial score (nSPS) is 11.1. The number of benzene rings is 1. The number of sulfonamides is 1. The number of ether oxygens (including phenoxy) is 2. The molecule has 0 saturated heterocycles. The number of nitrogens with zero attached hydrogens (tertiary/aromatic N) is 1. The minimum atomic E-state index is -4.08. The lowest BCUT2D eigenvalue weighted by molar-refractivity contribution is -0.135. The van der Waals surface area contributed by atoms with Gasteiger partial charge in [-0.25, -0.2) is 8.42 Å². The number of halogens is 1. The maximum absolute atomic E-state index is 12.8. The molecule has 0 aliphatic rings. The minimum absolute atomic E-state index is 0.0136. The van der Waals surface area contributed by atoms with E-state index in [2.05, 4.69) is 0 Å². The maximum atomic E-state index is 12.8. The van der Waals surface area contributed by atoms with E-state index >= 15 is 0 Å². The van der Waals surface area contributed by atoms with Crippen LogP contribution in [0.2, 0.25) is 5.02 Å². The first-order chi connectivity index (χ1) is 11.3. The zero-order valence-electron chi connectivity index (χ0n) is 12.7. The number of methoxy groups -OCH3 is 2. The van der Waals surface area contributed by atoms with Crippen molar-refractivity contribution >= 4 is 44.6 Å². The van der Waals surface area contributed by atoms with Crippen LogP contribution in [0.25, 0.3) is 0 Å². The zero-order chi connectivity index (χ0) is 17.9. The first-order valence-corrected chi connectivity index (χ1v) is 9.20. The van der Waals surface area contributed by atoms with Gasteiger partial charge in [0.05, 0.1) is 24.9 Å². The molecular weight excluding hydrogens is 378 g/mol. The van der Waals surface area contributed by atoms with E-state index in [-0.39, 0.29) is 26.4 Å². The Morgan fingerprint density at radius 2 is 1.96 bits per heavy atom. The summed E-state index contributed by atoms with van der Waals surface area (Å²) >= 11 is 7.00. The SMILES string of the molecule is COc1cc(N(CC(=O)O)S(=O)(=O)c2cccs2)c(OC)cc1Cl. The van der Waals surface area contributed by atoms with E-state index in [9.17, 15) is 13.2 Å². The number of carbonyl (C=O) groups is 1. The van der Waals surface area contributed by atoms with Crippen molar-refractivity contribution in [3.05, 3.63) is 34.7 Å². The Balaban J connectivity index is 2.67. The fraction of sp³-hybridized carbons (Fsp3) is 0.214. The van der Waals surface area contributed by atoms with Gasteiger partial charge >= 0.3 is 5.97 Å². The van der Waals surface area contributed by atoms with Crippen LogP contribution in [-0.2, 0) is 14.8 Å². The molecule has 24 heavy (non-hydrogen) atoms. The number of thiophene rings is 1. The van der Waals surface area contributed by atoms with Crippen LogP contribution < -0.4 is 13.8 Å². The number of rotatable bonds is 7. The Kier molecular flexibility index (Phi) is 5.58. The number of carboxylic acid groups (broad SMARTS) is 1. The van der Waals surface area contributed by atoms with Crippen molar-refractivity contribution in [3.63, 3.8) is 0 Å². The van der Waals surface area contributed by atoms with E-state index < -0.39 is 22.5 Å². The van der Waals surface area contributed by atoms with Crippen LogP contribution in [0.5, 0.6) is 11.5 Å². The largest absolute Gasteiger partial charge is 0.495 e. The molecule has 0 saturated carbocycles. The van der Waals surface area contributed by atoms with Crippen LogP contribution in [0.1, 0.15) is 0 Å². The lowest BCUT2D eigenvalue weighted by Gasteiger charge is -2.24. The number of aliphatic carboxylic acids is 1. The monoisotopic (exact) mass is 391 g/mol. The maximum Gasteiger partial charge on any atom is 0.324 e. The molecule has 2 rings (SSSR count). The fourth-order valence-corrected chi connectivity index (χ4v) is 4.73. The number of carboxylic acids is 1. The summed E-state index contributed by atoms with van der Waals surface area (Å²) < 4.78 is 36.7. The lowest BCUT2D eigenvalue weighted by Crippen LogP contribution is -2.35. The summed E-state index contributed by atoms with van der Waals surface area (Å²) in [5.41, 5.74) is 0.0227. The molecule has 7 nitrogen and oxygen atoms in total. The van der Waals surface area contributed by atoms with Crippen LogP contribution in [-0.4, -0.2) is 40.3 Å². The number of hydrogen-bond donors (Lipinski definition) is 1. The lowest BCUT2D eigenvalue weighted by atomic mass is 10.2. The second kappa shape index (κ2) is 7.29. The highest BCUT2D eigenvalue weighted by Crippen LogP contribution is 2.40. The van der Waals surface area contributed by atoms with Crippen LogP contribution in [0.15, 0.2) is 33.9 Å². The molecule has 1 heterocycles. The highest BCUT2D eigenvalue weighted by Gasteiger charge is 2.31. The first-order valence-electron chi connectivity index (χ1n) is 6.50. The van der Waals surface area contributed by atoms with Gasteiger partial charge in [-0.15, -0.1) is 11.3 Å². The van der Waals surface area contributed by atoms with Crippen molar-refractivity contribution in [1.29, 1.82) is 0 Å². The molecule has 0 spiro atoms. The van der Waals surface area contributed by atoms with E-state index in [0.29, 0.717) is 0 Å². The van der Waals surface area contributed by atoms with Crippen LogP contribution in [0.3, 0.4) is 0 Å². The topological polar surface area (TPSA) is 93.1 Å². The molecule has 130 valence electrons. The van der Waals surface area contributed by atoms with E-state index in [1.54, 1.807) is 11.4 Å². The molecule has 0 bridgehead atoms. The molecule has 0 unspecified atom stereocenters. The summed E-state index contributed by atoms with van der Waals surface area (Å²) in [5.74, 6) is -1.00. The van der Waals surface area contributed by atoms with E-state index in [4.69, 9.17) is 26.2 Å². The van der Waals surface area contributed by atoms with Crippen molar-refractivity contribution in [2.75, 3.05) is 25.1 Å². The van der Waals surface area contributed by atoms with Gasteiger partial charge in [-0.3, -0.25) is 9.10 Å². The molecule has 2 aromatic rings. The van der Waals surface area contributed by atoms with Gasteiger partial charge in [-0.2, -0.15) is 0 Å². The Morgan fingerprint density at radius 3 is 2.46 bits per heavy atom. The Morgan fingerprint density at radius 1 is 1.29 bits per heavy atom. The smallest absolute Gasteiger partial charge is 0.324 e. The Labute approximate surface area is 148 Å². The van der Waals surface area contributed by atoms with E-state index in [1.165, 1.54) is 32.4 Å². The van der Waals surface area contributed by atoms with Crippen molar-refractivity contribution in [1.82, 2.24) is 0 Å². The summed E-state index contributed by atoms with van der Waals surface area (Å²) in [6.45, 7) is -0.776. The average molecular weight is 392 g/mol. The van der Waals surface area contributed by atoms with Crippen molar-refractivity contribution in [3.8, 4) is 11.5 Å². The van der Waals surface area contributed by atoms with E-state index in [1.807, 2.05) is 0 Å². The fourth-order valence-electron chi connectivity index (χ4n) is 1.98. The predicted molar refractivity (Wildman–Crippen MR) is 91.0 cm³/mol. The van der Waals surface area contributed by atoms with Gasteiger partial charge in [0.25, 0.3) is 10.0 Å². The van der Waals surface area contributed by atoms with Gasteiger partial charge in [0.15, 0.2) is 0 Å². The van der Waals surface area contributed by atoms with Crippen molar-refractivity contribution < 1.29 is 27.8 Å². The highest BCUT2D eigenvalue weighted by atomic mass is 35.5. The zero-order valence-corrected chi connectivity index (χ0v) is 15.1. The minimum Gasteiger partial charge on any atom is -0.495 e. The van der Waals surface area contributed by atoms with Gasteiger partial charge in [0.1, 0.15) is 22.3 Å².